The Morgan fingerprint density at radius 3 is 2.75 bits per heavy atom. The van der Waals surface area contributed by atoms with Crippen molar-refractivity contribution in [2.75, 3.05) is 0 Å². The minimum atomic E-state index is 0.188. The van der Waals surface area contributed by atoms with Crippen molar-refractivity contribution in [3.05, 3.63) is 64.0 Å². The maximum atomic E-state index is 5.78. The van der Waals surface area contributed by atoms with Gasteiger partial charge in [-0.25, -0.2) is 4.98 Å². The fraction of sp³-hybridized carbons (Fsp3) is 0.188. The third-order valence-corrected chi connectivity index (χ3v) is 5.02. The lowest BCUT2D eigenvalue weighted by Gasteiger charge is -2.12. The summed E-state index contributed by atoms with van der Waals surface area (Å²) in [5, 5.41) is 0. The van der Waals surface area contributed by atoms with Gasteiger partial charge in [0.2, 0.25) is 0 Å². The van der Waals surface area contributed by atoms with Gasteiger partial charge in [0.1, 0.15) is 5.52 Å². The predicted molar refractivity (Wildman–Crippen MR) is 88.3 cm³/mol. The zero-order valence-electron chi connectivity index (χ0n) is 10.9. The second-order valence-electron chi connectivity index (χ2n) is 4.70. The largest absolute Gasteiger partial charge is 0.441 e. The van der Waals surface area contributed by atoms with E-state index in [9.17, 15) is 0 Å². The molecular formula is C16H13Br2NO. The van der Waals surface area contributed by atoms with E-state index in [1.807, 2.05) is 30.3 Å². The minimum Gasteiger partial charge on any atom is -0.441 e. The van der Waals surface area contributed by atoms with Crippen molar-refractivity contribution < 1.29 is 4.42 Å². The number of nitrogens with zero attached hydrogens (tertiary/aromatic N) is 1. The molecule has 4 heteroatoms. The number of halogens is 2. The van der Waals surface area contributed by atoms with Crippen LogP contribution in [0.25, 0.3) is 11.1 Å². The normalized spacial score (nSPS) is 12.8. The van der Waals surface area contributed by atoms with Gasteiger partial charge >= 0.3 is 0 Å². The van der Waals surface area contributed by atoms with E-state index < -0.39 is 0 Å². The Morgan fingerprint density at radius 1 is 1.15 bits per heavy atom. The van der Waals surface area contributed by atoms with Gasteiger partial charge in [-0.1, -0.05) is 56.1 Å². The zero-order valence-corrected chi connectivity index (χ0v) is 14.1. The molecule has 0 N–H and O–H groups in total. The standard InChI is InChI=1S/C16H13Br2NO/c1-10-11(5-4-6-12(10)17)13(18)9-16-19-14-7-2-3-8-15(14)20-16/h2-8,13H,9H2,1H3. The van der Waals surface area contributed by atoms with Crippen LogP contribution < -0.4 is 0 Å². The number of hydrogen-bond donors (Lipinski definition) is 0. The molecule has 0 radical (unpaired) electrons. The molecule has 1 aromatic heterocycles. The smallest absolute Gasteiger partial charge is 0.196 e. The summed E-state index contributed by atoms with van der Waals surface area (Å²) in [5.74, 6) is 0.757. The Morgan fingerprint density at radius 2 is 1.95 bits per heavy atom. The summed E-state index contributed by atoms with van der Waals surface area (Å²) in [5.41, 5.74) is 4.24. The lowest BCUT2D eigenvalue weighted by atomic mass is 10.0. The highest BCUT2D eigenvalue weighted by atomic mass is 79.9. The van der Waals surface area contributed by atoms with Crippen LogP contribution in [0.15, 0.2) is 51.4 Å². The second-order valence-corrected chi connectivity index (χ2v) is 6.66. The van der Waals surface area contributed by atoms with Crippen molar-refractivity contribution in [2.45, 2.75) is 18.2 Å². The lowest BCUT2D eigenvalue weighted by Crippen LogP contribution is -1.98. The summed E-state index contributed by atoms with van der Waals surface area (Å²) < 4.78 is 6.90. The van der Waals surface area contributed by atoms with Gasteiger partial charge in [0.25, 0.3) is 0 Å². The molecule has 0 aliphatic carbocycles. The molecule has 0 bridgehead atoms. The molecule has 1 heterocycles. The van der Waals surface area contributed by atoms with Crippen molar-refractivity contribution in [1.82, 2.24) is 4.98 Å². The Labute approximate surface area is 134 Å². The summed E-state index contributed by atoms with van der Waals surface area (Å²) in [6, 6.07) is 14.1. The van der Waals surface area contributed by atoms with E-state index in [0.29, 0.717) is 0 Å². The second kappa shape index (κ2) is 5.70. The SMILES string of the molecule is Cc1c(Br)cccc1C(Br)Cc1nc2ccccc2o1. The van der Waals surface area contributed by atoms with E-state index in [-0.39, 0.29) is 4.83 Å². The van der Waals surface area contributed by atoms with Gasteiger partial charge in [-0.05, 0) is 36.2 Å². The van der Waals surface area contributed by atoms with Crippen LogP contribution in [0.1, 0.15) is 21.8 Å². The quantitative estimate of drug-likeness (QED) is 0.542. The number of benzene rings is 2. The van der Waals surface area contributed by atoms with Crippen LogP contribution in [0.4, 0.5) is 0 Å². The van der Waals surface area contributed by atoms with Crippen LogP contribution in [0.2, 0.25) is 0 Å². The molecule has 0 spiro atoms. The van der Waals surface area contributed by atoms with Crippen LogP contribution in [0, 0.1) is 6.92 Å². The number of oxazole rings is 1. The van der Waals surface area contributed by atoms with Gasteiger partial charge in [0, 0.05) is 15.7 Å². The van der Waals surface area contributed by atoms with E-state index in [4.69, 9.17) is 4.42 Å². The first-order chi connectivity index (χ1) is 9.65. The average molecular weight is 395 g/mol. The first-order valence-electron chi connectivity index (χ1n) is 6.38. The number of para-hydroxylation sites is 2. The molecule has 2 aromatic carbocycles. The van der Waals surface area contributed by atoms with Crippen LogP contribution in [-0.4, -0.2) is 4.98 Å². The Balaban J connectivity index is 1.88. The fourth-order valence-corrected chi connectivity index (χ4v) is 3.39. The number of hydrogen-bond acceptors (Lipinski definition) is 2. The average Bonchev–Trinajstić information content (AvgIpc) is 2.83. The number of rotatable bonds is 3. The van der Waals surface area contributed by atoms with Crippen molar-refractivity contribution in [3.63, 3.8) is 0 Å². The first-order valence-corrected chi connectivity index (χ1v) is 8.09. The molecule has 0 saturated carbocycles. The van der Waals surface area contributed by atoms with E-state index in [0.717, 1.165) is 27.9 Å². The van der Waals surface area contributed by atoms with Crippen LogP contribution in [0.5, 0.6) is 0 Å². The molecule has 1 atom stereocenters. The third kappa shape index (κ3) is 2.67. The van der Waals surface area contributed by atoms with Gasteiger partial charge in [-0.2, -0.15) is 0 Å². The highest BCUT2D eigenvalue weighted by Crippen LogP contribution is 2.32. The highest BCUT2D eigenvalue weighted by Gasteiger charge is 2.16. The van der Waals surface area contributed by atoms with Crippen LogP contribution in [-0.2, 0) is 6.42 Å². The lowest BCUT2D eigenvalue weighted by molar-refractivity contribution is 0.527. The molecule has 102 valence electrons. The molecule has 0 aliphatic rings. The van der Waals surface area contributed by atoms with Crippen molar-refractivity contribution in [1.29, 1.82) is 0 Å². The van der Waals surface area contributed by atoms with E-state index >= 15 is 0 Å². The minimum absolute atomic E-state index is 0.188. The van der Waals surface area contributed by atoms with E-state index in [1.54, 1.807) is 0 Å². The number of aromatic nitrogens is 1. The van der Waals surface area contributed by atoms with Crippen LogP contribution in [0.3, 0.4) is 0 Å². The molecule has 1 unspecified atom stereocenters. The number of alkyl halides is 1. The van der Waals surface area contributed by atoms with Crippen molar-refractivity contribution in [2.24, 2.45) is 0 Å². The van der Waals surface area contributed by atoms with E-state index in [2.05, 4.69) is 55.9 Å². The molecule has 0 aliphatic heterocycles. The molecule has 2 nitrogen and oxygen atoms in total. The summed E-state index contributed by atoms with van der Waals surface area (Å²) in [7, 11) is 0. The number of fused-ring (bicyclic) bond motifs is 1. The zero-order chi connectivity index (χ0) is 14.1. The fourth-order valence-electron chi connectivity index (χ4n) is 2.23. The van der Waals surface area contributed by atoms with E-state index in [1.165, 1.54) is 11.1 Å². The topological polar surface area (TPSA) is 26.0 Å². The monoisotopic (exact) mass is 393 g/mol. The Kier molecular flexibility index (Phi) is 3.94. The third-order valence-electron chi connectivity index (χ3n) is 3.34. The summed E-state index contributed by atoms with van der Waals surface area (Å²) in [6.45, 7) is 2.11. The first kappa shape index (κ1) is 13.8. The van der Waals surface area contributed by atoms with Gasteiger partial charge in [-0.3, -0.25) is 0 Å². The van der Waals surface area contributed by atoms with Gasteiger partial charge in [0.15, 0.2) is 11.5 Å². The molecule has 3 aromatic rings. The Hall–Kier alpha value is -1.13. The van der Waals surface area contributed by atoms with Gasteiger partial charge < -0.3 is 4.42 Å². The van der Waals surface area contributed by atoms with Gasteiger partial charge in [-0.15, -0.1) is 0 Å². The van der Waals surface area contributed by atoms with Crippen LogP contribution >= 0.6 is 31.9 Å². The maximum absolute atomic E-state index is 5.78. The summed E-state index contributed by atoms with van der Waals surface area (Å²) in [6.07, 6.45) is 0.728. The molecule has 20 heavy (non-hydrogen) atoms. The highest BCUT2D eigenvalue weighted by molar-refractivity contribution is 9.10. The molecule has 0 saturated heterocycles. The van der Waals surface area contributed by atoms with Crippen molar-refractivity contribution in [3.8, 4) is 0 Å². The Bertz CT molecular complexity index is 718. The predicted octanol–water partition coefficient (Wildman–Crippen LogP) is 5.58. The summed E-state index contributed by atoms with van der Waals surface area (Å²) in [4.78, 5) is 4.71. The van der Waals surface area contributed by atoms with Crippen molar-refractivity contribution >= 4 is 43.0 Å². The summed E-state index contributed by atoms with van der Waals surface area (Å²) >= 11 is 7.31. The molecule has 0 fully saturated rings. The van der Waals surface area contributed by atoms with Gasteiger partial charge in [0.05, 0.1) is 0 Å². The molecular weight excluding hydrogens is 382 g/mol. The maximum Gasteiger partial charge on any atom is 0.196 e. The molecule has 0 amide bonds. The molecule has 3 rings (SSSR count).